The summed E-state index contributed by atoms with van der Waals surface area (Å²) in [6.45, 7) is 0. The van der Waals surface area contributed by atoms with Crippen LogP contribution in [0.1, 0.15) is 5.56 Å². The molecule has 4 nitrogen and oxygen atoms in total. The van der Waals surface area contributed by atoms with Gasteiger partial charge in [0.2, 0.25) is 0 Å². The third kappa shape index (κ3) is 1.77. The fourth-order valence-corrected chi connectivity index (χ4v) is 4.00. The van der Waals surface area contributed by atoms with Crippen molar-refractivity contribution in [3.8, 4) is 6.07 Å². The number of benzene rings is 3. The van der Waals surface area contributed by atoms with Crippen LogP contribution in [0.5, 0.6) is 0 Å². The standard InChI is InChI=1S/C19H7Cl2N3O/c20-12-4-2-10-16-11(3-5-13(21)17(12)16)19(25)24-15-7-9(8-22)1-6-14(15)23-18(10)24/h1-7H. The molecule has 0 aliphatic carbocycles. The molecule has 0 N–H and O–H groups in total. The van der Waals surface area contributed by atoms with E-state index in [1.54, 1.807) is 40.8 Å². The van der Waals surface area contributed by atoms with Crippen LogP contribution in [0.4, 0.5) is 0 Å². The van der Waals surface area contributed by atoms with Crippen molar-refractivity contribution >= 4 is 61.4 Å². The Hall–Kier alpha value is -2.87. The van der Waals surface area contributed by atoms with Gasteiger partial charge in [-0.15, -0.1) is 0 Å². The van der Waals surface area contributed by atoms with Crippen molar-refractivity contribution in [2.45, 2.75) is 0 Å². The number of hydrogen-bond acceptors (Lipinski definition) is 3. The van der Waals surface area contributed by atoms with Crippen LogP contribution in [-0.4, -0.2) is 9.38 Å². The lowest BCUT2D eigenvalue weighted by Gasteiger charge is -2.09. The largest absolute Gasteiger partial charge is 0.268 e. The molecular formula is C19H7Cl2N3O. The van der Waals surface area contributed by atoms with Crippen LogP contribution in [0.15, 0.2) is 47.3 Å². The van der Waals surface area contributed by atoms with E-state index in [2.05, 4.69) is 11.1 Å². The van der Waals surface area contributed by atoms with Gasteiger partial charge >= 0.3 is 0 Å². The van der Waals surface area contributed by atoms with Crippen LogP contribution in [0.25, 0.3) is 38.2 Å². The highest BCUT2D eigenvalue weighted by Crippen LogP contribution is 2.37. The van der Waals surface area contributed by atoms with Gasteiger partial charge in [-0.25, -0.2) is 4.98 Å². The Kier molecular flexibility index (Phi) is 2.79. The zero-order valence-electron chi connectivity index (χ0n) is 12.5. The average molecular weight is 364 g/mol. The lowest BCUT2D eigenvalue weighted by Crippen LogP contribution is -2.13. The quantitative estimate of drug-likeness (QED) is 0.398. The Morgan fingerprint density at radius 1 is 0.960 bits per heavy atom. The zero-order valence-corrected chi connectivity index (χ0v) is 14.1. The van der Waals surface area contributed by atoms with Crippen molar-refractivity contribution in [3.05, 3.63) is 68.4 Å². The summed E-state index contributed by atoms with van der Waals surface area (Å²) in [5.74, 6) is 0. The number of nitrogens with zero attached hydrogens (tertiary/aromatic N) is 3. The first-order valence-corrected chi connectivity index (χ1v) is 8.24. The molecule has 5 rings (SSSR count). The molecule has 2 aromatic heterocycles. The minimum Gasteiger partial charge on any atom is -0.268 e. The molecule has 2 heterocycles. The minimum atomic E-state index is -0.205. The maximum atomic E-state index is 13.1. The van der Waals surface area contributed by atoms with E-state index in [0.717, 1.165) is 5.39 Å². The summed E-state index contributed by atoms with van der Waals surface area (Å²) < 4.78 is 1.55. The second kappa shape index (κ2) is 4.82. The Balaban J connectivity index is 2.18. The van der Waals surface area contributed by atoms with Gasteiger partial charge < -0.3 is 0 Å². The molecule has 118 valence electrons. The highest BCUT2D eigenvalue weighted by Gasteiger charge is 2.18. The molecule has 0 saturated heterocycles. The second-order valence-corrected chi connectivity index (χ2v) is 6.65. The number of halogens is 2. The first-order valence-electron chi connectivity index (χ1n) is 7.48. The van der Waals surface area contributed by atoms with E-state index < -0.39 is 0 Å². The third-order valence-corrected chi connectivity index (χ3v) is 5.15. The zero-order chi connectivity index (χ0) is 17.3. The molecule has 0 fully saturated rings. The predicted octanol–water partition coefficient (Wildman–Crippen LogP) is 4.77. The molecule has 0 aliphatic heterocycles. The summed E-state index contributed by atoms with van der Waals surface area (Å²) in [6.07, 6.45) is 0. The molecule has 0 saturated carbocycles. The minimum absolute atomic E-state index is 0.205. The Bertz CT molecular complexity index is 1440. The summed E-state index contributed by atoms with van der Waals surface area (Å²) in [4.78, 5) is 17.8. The van der Waals surface area contributed by atoms with Gasteiger partial charge in [0.15, 0.2) is 0 Å². The first kappa shape index (κ1) is 14.5. The lowest BCUT2D eigenvalue weighted by atomic mass is 10.0. The van der Waals surface area contributed by atoms with Gasteiger partial charge in [0, 0.05) is 31.6 Å². The Labute approximate surface area is 150 Å². The lowest BCUT2D eigenvalue weighted by molar-refractivity contribution is 1.19. The molecule has 5 aromatic rings. The van der Waals surface area contributed by atoms with Gasteiger partial charge in [0.05, 0.1) is 22.7 Å². The monoisotopic (exact) mass is 363 g/mol. The van der Waals surface area contributed by atoms with Crippen molar-refractivity contribution in [1.82, 2.24) is 9.38 Å². The van der Waals surface area contributed by atoms with Crippen LogP contribution < -0.4 is 5.56 Å². The summed E-state index contributed by atoms with van der Waals surface area (Å²) in [6, 6.07) is 14.2. The van der Waals surface area contributed by atoms with Crippen molar-refractivity contribution in [2.24, 2.45) is 0 Å². The number of imidazole rings is 1. The molecule has 0 amide bonds. The van der Waals surface area contributed by atoms with E-state index >= 15 is 0 Å². The number of rotatable bonds is 0. The maximum Gasteiger partial charge on any atom is 0.264 e. The van der Waals surface area contributed by atoms with Crippen molar-refractivity contribution in [3.63, 3.8) is 0 Å². The topological polar surface area (TPSA) is 58.2 Å². The van der Waals surface area contributed by atoms with Gasteiger partial charge in [-0.1, -0.05) is 23.2 Å². The van der Waals surface area contributed by atoms with E-state index in [0.29, 0.717) is 48.4 Å². The Morgan fingerprint density at radius 3 is 2.40 bits per heavy atom. The highest BCUT2D eigenvalue weighted by atomic mass is 35.5. The first-order chi connectivity index (χ1) is 12.1. The summed E-state index contributed by atoms with van der Waals surface area (Å²) in [5.41, 5.74) is 2.08. The maximum absolute atomic E-state index is 13.1. The highest BCUT2D eigenvalue weighted by molar-refractivity contribution is 6.44. The summed E-state index contributed by atoms with van der Waals surface area (Å²) in [5, 5.41) is 12.8. The van der Waals surface area contributed by atoms with Crippen LogP contribution in [0.2, 0.25) is 10.0 Å². The molecule has 0 bridgehead atoms. The van der Waals surface area contributed by atoms with E-state index in [9.17, 15) is 4.79 Å². The number of fused-ring (bicyclic) bond motifs is 4. The third-order valence-electron chi connectivity index (χ3n) is 4.52. The molecular weight excluding hydrogens is 357 g/mol. The van der Waals surface area contributed by atoms with Gasteiger partial charge in [0.25, 0.3) is 5.56 Å². The van der Waals surface area contributed by atoms with E-state index in [1.807, 2.05) is 6.07 Å². The molecule has 0 unspecified atom stereocenters. The van der Waals surface area contributed by atoms with Gasteiger partial charge in [-0.3, -0.25) is 9.20 Å². The van der Waals surface area contributed by atoms with Crippen molar-refractivity contribution in [2.75, 3.05) is 0 Å². The van der Waals surface area contributed by atoms with E-state index in [1.165, 1.54) is 0 Å². The van der Waals surface area contributed by atoms with Crippen molar-refractivity contribution < 1.29 is 0 Å². The van der Waals surface area contributed by atoms with E-state index in [4.69, 9.17) is 28.5 Å². The summed E-state index contributed by atoms with van der Waals surface area (Å²) >= 11 is 12.6. The predicted molar refractivity (Wildman–Crippen MR) is 99.9 cm³/mol. The van der Waals surface area contributed by atoms with Crippen LogP contribution in [-0.2, 0) is 0 Å². The molecule has 3 aromatic carbocycles. The van der Waals surface area contributed by atoms with Crippen molar-refractivity contribution in [1.29, 1.82) is 5.26 Å². The summed E-state index contributed by atoms with van der Waals surface area (Å²) in [7, 11) is 0. The molecule has 25 heavy (non-hydrogen) atoms. The number of pyridine rings is 1. The smallest absolute Gasteiger partial charge is 0.264 e. The molecule has 0 spiro atoms. The van der Waals surface area contributed by atoms with Gasteiger partial charge in [-0.05, 0) is 42.5 Å². The number of aromatic nitrogens is 2. The Morgan fingerprint density at radius 2 is 1.68 bits per heavy atom. The van der Waals surface area contributed by atoms with Crippen LogP contribution in [0.3, 0.4) is 0 Å². The molecule has 0 atom stereocenters. The second-order valence-electron chi connectivity index (χ2n) is 5.83. The van der Waals surface area contributed by atoms with Crippen LogP contribution >= 0.6 is 23.2 Å². The van der Waals surface area contributed by atoms with Crippen LogP contribution in [0, 0.1) is 11.3 Å². The van der Waals surface area contributed by atoms with E-state index in [-0.39, 0.29) is 5.56 Å². The normalized spacial score (nSPS) is 11.7. The molecule has 6 heteroatoms. The fourth-order valence-electron chi connectivity index (χ4n) is 3.43. The SMILES string of the molecule is N#Cc1ccc2nc3c4ccc(Cl)c5c(Cl)ccc(c(=O)n3c2c1)c54. The number of nitriles is 1. The van der Waals surface area contributed by atoms with Gasteiger partial charge in [-0.2, -0.15) is 5.26 Å². The average Bonchev–Trinajstić information content (AvgIpc) is 3.00. The van der Waals surface area contributed by atoms with Gasteiger partial charge in [0.1, 0.15) is 5.65 Å². The number of hydrogen-bond donors (Lipinski definition) is 0. The molecule has 0 radical (unpaired) electrons. The molecule has 0 aliphatic rings. The fraction of sp³-hybridized carbons (Fsp3) is 0.